The van der Waals surface area contributed by atoms with Crippen LogP contribution in [0.1, 0.15) is 15.9 Å². The second kappa shape index (κ2) is 6.13. The fourth-order valence-electron chi connectivity index (χ4n) is 1.75. The molecule has 21 heavy (non-hydrogen) atoms. The Kier molecular flexibility index (Phi) is 4.27. The molecule has 0 saturated carbocycles. The molecule has 0 saturated heterocycles. The Hall–Kier alpha value is -2.76. The van der Waals surface area contributed by atoms with Gasteiger partial charge in [0, 0.05) is 11.3 Å². The minimum absolute atomic E-state index is 0.00936. The number of primary amides is 1. The Balaban J connectivity index is 2.08. The van der Waals surface area contributed by atoms with Crippen LogP contribution >= 0.6 is 0 Å². The first kappa shape index (κ1) is 14.6. The summed E-state index contributed by atoms with van der Waals surface area (Å²) in [4.78, 5) is 22.6. The maximum absolute atomic E-state index is 13.1. The summed E-state index contributed by atoms with van der Waals surface area (Å²) >= 11 is 0. The third-order valence-electron chi connectivity index (χ3n) is 2.77. The van der Waals surface area contributed by atoms with Crippen molar-refractivity contribution >= 4 is 17.5 Å². The van der Waals surface area contributed by atoms with E-state index in [4.69, 9.17) is 5.73 Å². The fourth-order valence-corrected chi connectivity index (χ4v) is 1.75. The number of nitrogens with one attached hydrogen (secondary N) is 1. The number of rotatable bonds is 4. The van der Waals surface area contributed by atoms with Crippen molar-refractivity contribution in [1.82, 2.24) is 0 Å². The molecular weight excluding hydrogens is 278 g/mol. The van der Waals surface area contributed by atoms with Gasteiger partial charge in [0.25, 0.3) is 5.91 Å². The molecule has 2 aromatic carbocycles. The number of benzene rings is 2. The van der Waals surface area contributed by atoms with Gasteiger partial charge in [-0.25, -0.2) is 8.78 Å². The highest BCUT2D eigenvalue weighted by molar-refractivity contribution is 6.04. The molecule has 0 aliphatic heterocycles. The average molecular weight is 290 g/mol. The lowest BCUT2D eigenvalue weighted by molar-refractivity contribution is -0.117. The number of anilines is 1. The van der Waals surface area contributed by atoms with Gasteiger partial charge in [-0.1, -0.05) is 12.1 Å². The summed E-state index contributed by atoms with van der Waals surface area (Å²) in [6, 6.07) is 9.38. The maximum atomic E-state index is 13.1. The van der Waals surface area contributed by atoms with Crippen LogP contribution in [0.2, 0.25) is 0 Å². The van der Waals surface area contributed by atoms with Crippen molar-refractivity contribution in [3.63, 3.8) is 0 Å². The molecule has 0 heterocycles. The summed E-state index contributed by atoms with van der Waals surface area (Å²) in [6.45, 7) is 0. The van der Waals surface area contributed by atoms with Crippen molar-refractivity contribution in [3.05, 3.63) is 65.2 Å². The molecule has 3 N–H and O–H groups in total. The van der Waals surface area contributed by atoms with Crippen LogP contribution < -0.4 is 11.1 Å². The lowest BCUT2D eigenvalue weighted by atomic mass is 10.1. The van der Waals surface area contributed by atoms with E-state index in [0.29, 0.717) is 11.3 Å². The molecule has 2 aromatic rings. The molecule has 0 radical (unpaired) electrons. The van der Waals surface area contributed by atoms with Gasteiger partial charge in [-0.2, -0.15) is 0 Å². The van der Waals surface area contributed by atoms with Crippen molar-refractivity contribution < 1.29 is 18.4 Å². The second-order valence-corrected chi connectivity index (χ2v) is 4.42. The van der Waals surface area contributed by atoms with E-state index in [2.05, 4.69) is 5.32 Å². The molecule has 2 rings (SSSR count). The molecule has 6 heteroatoms. The highest BCUT2D eigenvalue weighted by Crippen LogP contribution is 2.13. The van der Waals surface area contributed by atoms with Crippen LogP contribution in [0.25, 0.3) is 0 Å². The summed E-state index contributed by atoms with van der Waals surface area (Å²) < 4.78 is 25.8. The first-order valence-electron chi connectivity index (χ1n) is 6.09. The number of halogens is 2. The predicted octanol–water partition coefficient (Wildman–Crippen LogP) is 2.24. The maximum Gasteiger partial charge on any atom is 0.255 e. The zero-order chi connectivity index (χ0) is 15.4. The van der Waals surface area contributed by atoms with E-state index in [1.807, 2.05) is 0 Å². The predicted molar refractivity (Wildman–Crippen MR) is 73.7 cm³/mol. The minimum Gasteiger partial charge on any atom is -0.369 e. The van der Waals surface area contributed by atoms with Crippen molar-refractivity contribution in [1.29, 1.82) is 0 Å². The number of nitrogens with two attached hydrogens (primary N) is 1. The molecule has 4 nitrogen and oxygen atoms in total. The molecule has 0 aliphatic carbocycles. The van der Waals surface area contributed by atoms with Crippen LogP contribution in [0.15, 0.2) is 42.5 Å². The van der Waals surface area contributed by atoms with Gasteiger partial charge in [-0.3, -0.25) is 9.59 Å². The van der Waals surface area contributed by atoms with Gasteiger partial charge in [-0.05, 0) is 35.9 Å². The molecule has 0 unspecified atom stereocenters. The van der Waals surface area contributed by atoms with Gasteiger partial charge >= 0.3 is 0 Å². The Labute approximate surface area is 119 Å². The van der Waals surface area contributed by atoms with Crippen LogP contribution in [0.4, 0.5) is 14.5 Å². The van der Waals surface area contributed by atoms with E-state index in [1.54, 1.807) is 24.3 Å². The SMILES string of the molecule is NC(=O)Cc1ccc(NC(=O)c2ccc(F)c(F)c2)cc1. The summed E-state index contributed by atoms with van der Waals surface area (Å²) in [7, 11) is 0. The number of amides is 2. The van der Waals surface area contributed by atoms with Crippen LogP contribution in [0.3, 0.4) is 0 Å². The molecule has 0 aliphatic rings. The summed E-state index contributed by atoms with van der Waals surface area (Å²) in [5, 5.41) is 2.54. The van der Waals surface area contributed by atoms with Crippen LogP contribution in [-0.4, -0.2) is 11.8 Å². The van der Waals surface area contributed by atoms with Crippen molar-refractivity contribution in [2.45, 2.75) is 6.42 Å². The van der Waals surface area contributed by atoms with Crippen LogP contribution in [-0.2, 0) is 11.2 Å². The van der Waals surface area contributed by atoms with Crippen LogP contribution in [0, 0.1) is 11.6 Å². The largest absolute Gasteiger partial charge is 0.369 e. The van der Waals surface area contributed by atoms with Gasteiger partial charge in [-0.15, -0.1) is 0 Å². The third kappa shape index (κ3) is 3.85. The molecule has 108 valence electrons. The Morgan fingerprint density at radius 1 is 1.00 bits per heavy atom. The van der Waals surface area contributed by atoms with E-state index >= 15 is 0 Å². The van der Waals surface area contributed by atoms with Crippen molar-refractivity contribution in [2.75, 3.05) is 5.32 Å². The topological polar surface area (TPSA) is 72.2 Å². The molecule has 2 amide bonds. The van der Waals surface area contributed by atoms with E-state index < -0.39 is 23.4 Å². The number of hydrogen-bond acceptors (Lipinski definition) is 2. The fraction of sp³-hybridized carbons (Fsp3) is 0.0667. The average Bonchev–Trinajstić information content (AvgIpc) is 2.43. The molecule has 0 bridgehead atoms. The zero-order valence-electron chi connectivity index (χ0n) is 10.9. The highest BCUT2D eigenvalue weighted by atomic mass is 19.2. The van der Waals surface area contributed by atoms with Gasteiger partial charge in [0.1, 0.15) is 0 Å². The number of carbonyl (C=O) groups excluding carboxylic acids is 2. The van der Waals surface area contributed by atoms with E-state index in [-0.39, 0.29) is 12.0 Å². The number of hydrogen-bond donors (Lipinski definition) is 2. The van der Waals surface area contributed by atoms with E-state index in [9.17, 15) is 18.4 Å². The van der Waals surface area contributed by atoms with Crippen molar-refractivity contribution in [2.24, 2.45) is 5.73 Å². The first-order valence-corrected chi connectivity index (χ1v) is 6.09. The quantitative estimate of drug-likeness (QED) is 0.906. The molecule has 0 aromatic heterocycles. The van der Waals surface area contributed by atoms with Gasteiger partial charge in [0.2, 0.25) is 5.91 Å². The normalized spacial score (nSPS) is 10.2. The smallest absolute Gasteiger partial charge is 0.255 e. The van der Waals surface area contributed by atoms with Gasteiger partial charge < -0.3 is 11.1 Å². The van der Waals surface area contributed by atoms with Gasteiger partial charge in [0.05, 0.1) is 6.42 Å². The first-order chi connectivity index (χ1) is 9.95. The van der Waals surface area contributed by atoms with Crippen LogP contribution in [0.5, 0.6) is 0 Å². The zero-order valence-corrected chi connectivity index (χ0v) is 10.9. The number of carbonyl (C=O) groups is 2. The third-order valence-corrected chi connectivity index (χ3v) is 2.77. The highest BCUT2D eigenvalue weighted by Gasteiger charge is 2.10. The molecule has 0 spiro atoms. The molecular formula is C15H12F2N2O2. The summed E-state index contributed by atoms with van der Waals surface area (Å²) in [6.07, 6.45) is 0.109. The van der Waals surface area contributed by atoms with E-state index in [1.165, 1.54) is 6.07 Å². The Bertz CT molecular complexity index is 685. The standard InChI is InChI=1S/C15H12F2N2O2/c16-12-6-3-10(8-13(12)17)15(21)19-11-4-1-9(2-5-11)7-14(18)20/h1-6,8H,7H2,(H2,18,20)(H,19,21). The minimum atomic E-state index is -1.08. The Morgan fingerprint density at radius 2 is 1.67 bits per heavy atom. The second-order valence-electron chi connectivity index (χ2n) is 4.42. The monoisotopic (exact) mass is 290 g/mol. The lowest BCUT2D eigenvalue weighted by Gasteiger charge is -2.06. The molecule has 0 fully saturated rings. The molecule has 0 atom stereocenters. The lowest BCUT2D eigenvalue weighted by Crippen LogP contribution is -2.14. The summed E-state index contributed by atoms with van der Waals surface area (Å²) in [5.41, 5.74) is 6.27. The van der Waals surface area contributed by atoms with E-state index in [0.717, 1.165) is 12.1 Å². The Morgan fingerprint density at radius 3 is 2.24 bits per heavy atom. The summed E-state index contributed by atoms with van der Waals surface area (Å²) in [5.74, 6) is -3.10. The van der Waals surface area contributed by atoms with Crippen molar-refractivity contribution in [3.8, 4) is 0 Å². The van der Waals surface area contributed by atoms with Gasteiger partial charge in [0.15, 0.2) is 11.6 Å².